The largest absolute Gasteiger partial charge is 0.254 e. The molecular weight excluding hydrogens is 340 g/mol. The summed E-state index contributed by atoms with van der Waals surface area (Å²) in [6.07, 6.45) is 0. The van der Waals surface area contributed by atoms with E-state index in [1.165, 1.54) is 22.3 Å². The zero-order chi connectivity index (χ0) is 17.1. The number of rotatable bonds is 2. The van der Waals surface area contributed by atoms with Crippen LogP contribution in [0.4, 0.5) is 0 Å². The summed E-state index contributed by atoms with van der Waals surface area (Å²) in [5.41, 5.74) is 7.40. The van der Waals surface area contributed by atoms with Gasteiger partial charge in [0.2, 0.25) is 5.78 Å². The smallest absolute Gasteiger partial charge is 0.231 e. The summed E-state index contributed by atoms with van der Waals surface area (Å²) in [6, 6.07) is 25.5. The molecule has 2 heterocycles. The van der Waals surface area contributed by atoms with Crippen molar-refractivity contribution in [1.82, 2.24) is 19.6 Å². The number of thioether (sulfide) groups is 1. The number of hydrogen-bond acceptors (Lipinski definition) is 3. The third kappa shape index (κ3) is 1.86. The van der Waals surface area contributed by atoms with E-state index in [1.807, 2.05) is 18.2 Å². The third-order valence-electron chi connectivity index (χ3n) is 5.00. The molecule has 0 bridgehead atoms. The maximum Gasteiger partial charge on any atom is 0.231 e. The van der Waals surface area contributed by atoms with Gasteiger partial charge >= 0.3 is 0 Å². The number of nitrogens with one attached hydrogen (secondary N) is 1. The van der Waals surface area contributed by atoms with Crippen LogP contribution >= 0.6 is 11.8 Å². The average molecular weight is 354 g/mol. The van der Waals surface area contributed by atoms with Crippen molar-refractivity contribution in [2.45, 2.75) is 10.4 Å². The van der Waals surface area contributed by atoms with E-state index in [1.54, 1.807) is 11.8 Å². The Morgan fingerprint density at radius 1 is 0.808 bits per heavy atom. The maximum absolute atomic E-state index is 4.63. The van der Waals surface area contributed by atoms with Gasteiger partial charge in [-0.2, -0.15) is 0 Å². The molecule has 1 aliphatic rings. The van der Waals surface area contributed by atoms with Crippen LogP contribution in [-0.4, -0.2) is 19.6 Å². The zero-order valence-electron chi connectivity index (χ0n) is 13.8. The number of hydrogen-bond donors (Lipinski definition) is 1. The van der Waals surface area contributed by atoms with Crippen molar-refractivity contribution in [3.8, 4) is 11.1 Å². The summed E-state index contributed by atoms with van der Waals surface area (Å²) in [4.78, 5) is 4.63. The molecule has 124 valence electrons. The lowest BCUT2D eigenvalue weighted by Crippen LogP contribution is -1.94. The normalized spacial score (nSPS) is 13.4. The Morgan fingerprint density at radius 3 is 2.23 bits per heavy atom. The van der Waals surface area contributed by atoms with Crippen LogP contribution in [0, 0.1) is 0 Å². The number of H-pyrrole nitrogens is 1. The van der Waals surface area contributed by atoms with Crippen molar-refractivity contribution in [3.05, 3.63) is 83.9 Å². The molecule has 26 heavy (non-hydrogen) atoms. The Kier molecular flexibility index (Phi) is 2.84. The second kappa shape index (κ2) is 5.22. The highest BCUT2D eigenvalue weighted by Crippen LogP contribution is 2.51. The number of benzene rings is 3. The van der Waals surface area contributed by atoms with Gasteiger partial charge in [-0.1, -0.05) is 72.4 Å². The fourth-order valence-electron chi connectivity index (χ4n) is 3.86. The first kappa shape index (κ1) is 14.2. The summed E-state index contributed by atoms with van der Waals surface area (Å²) >= 11 is 1.77. The molecule has 0 saturated carbocycles. The van der Waals surface area contributed by atoms with Crippen molar-refractivity contribution in [2.75, 3.05) is 0 Å². The molecule has 6 rings (SSSR count). The number of aromatic amines is 1. The van der Waals surface area contributed by atoms with E-state index >= 15 is 0 Å². The third-order valence-corrected chi connectivity index (χ3v) is 6.23. The molecule has 0 spiro atoms. The molecule has 4 nitrogen and oxygen atoms in total. The van der Waals surface area contributed by atoms with Crippen LogP contribution < -0.4 is 0 Å². The molecule has 2 aromatic heterocycles. The number of imidazole rings is 1. The summed E-state index contributed by atoms with van der Waals surface area (Å²) in [5, 5.41) is 8.80. The first-order valence-corrected chi connectivity index (χ1v) is 9.44. The van der Waals surface area contributed by atoms with E-state index in [0.717, 1.165) is 22.0 Å². The summed E-state index contributed by atoms with van der Waals surface area (Å²) in [5.74, 6) is 0.785. The Morgan fingerprint density at radius 2 is 1.46 bits per heavy atom. The van der Waals surface area contributed by atoms with E-state index in [-0.39, 0.29) is 5.25 Å². The van der Waals surface area contributed by atoms with Crippen LogP contribution in [0.3, 0.4) is 0 Å². The molecule has 5 aromatic rings. The molecule has 0 saturated heterocycles. The molecule has 1 N–H and O–H groups in total. The molecule has 0 fully saturated rings. The van der Waals surface area contributed by atoms with Crippen LogP contribution in [0.1, 0.15) is 16.4 Å². The Labute approximate surface area is 153 Å². The second-order valence-electron chi connectivity index (χ2n) is 6.44. The molecule has 0 radical (unpaired) electrons. The first-order valence-electron chi connectivity index (χ1n) is 8.56. The topological polar surface area (TPSA) is 46.0 Å². The van der Waals surface area contributed by atoms with Gasteiger partial charge in [-0.25, -0.2) is 10.1 Å². The van der Waals surface area contributed by atoms with Gasteiger partial charge < -0.3 is 0 Å². The second-order valence-corrected chi connectivity index (χ2v) is 7.51. The number of aromatic nitrogens is 4. The van der Waals surface area contributed by atoms with Gasteiger partial charge in [-0.15, -0.1) is 5.10 Å². The van der Waals surface area contributed by atoms with Crippen LogP contribution in [-0.2, 0) is 0 Å². The molecule has 1 aliphatic carbocycles. The van der Waals surface area contributed by atoms with Crippen molar-refractivity contribution < 1.29 is 0 Å². The first-order chi connectivity index (χ1) is 12.9. The van der Waals surface area contributed by atoms with E-state index in [0.29, 0.717) is 0 Å². The van der Waals surface area contributed by atoms with Gasteiger partial charge in [-0.05, 0) is 34.4 Å². The van der Waals surface area contributed by atoms with Gasteiger partial charge in [0.1, 0.15) is 0 Å². The monoisotopic (exact) mass is 354 g/mol. The molecular formula is C21H14N4S. The van der Waals surface area contributed by atoms with Crippen LogP contribution in [0.5, 0.6) is 0 Å². The highest BCUT2D eigenvalue weighted by molar-refractivity contribution is 7.99. The molecule has 0 amide bonds. The molecule has 5 heteroatoms. The highest BCUT2D eigenvalue weighted by Gasteiger charge is 2.30. The minimum atomic E-state index is 0.232. The average Bonchev–Trinajstić information content (AvgIpc) is 3.34. The van der Waals surface area contributed by atoms with Gasteiger partial charge in [0, 0.05) is 0 Å². The van der Waals surface area contributed by atoms with Gasteiger partial charge in [0.05, 0.1) is 16.3 Å². The molecule has 0 atom stereocenters. The van der Waals surface area contributed by atoms with Crippen molar-refractivity contribution in [3.63, 3.8) is 0 Å². The van der Waals surface area contributed by atoms with Crippen LogP contribution in [0.15, 0.2) is 78.0 Å². The number of para-hydroxylation sites is 2. The van der Waals surface area contributed by atoms with Gasteiger partial charge in [-0.3, -0.25) is 4.40 Å². The fraction of sp³-hybridized carbons (Fsp3) is 0.0476. The SMILES string of the molecule is c1ccc2c(c1)-c1ccccc1C2Sc1n[nH]c2nc3ccccc3n12. The number of nitrogens with zero attached hydrogens (tertiary/aromatic N) is 3. The quantitative estimate of drug-likeness (QED) is 0.481. The fourth-order valence-corrected chi connectivity index (χ4v) is 5.13. The predicted molar refractivity (Wildman–Crippen MR) is 104 cm³/mol. The summed E-state index contributed by atoms with van der Waals surface area (Å²) in [7, 11) is 0. The van der Waals surface area contributed by atoms with Crippen molar-refractivity contribution in [2.24, 2.45) is 0 Å². The lowest BCUT2D eigenvalue weighted by Gasteiger charge is -2.11. The van der Waals surface area contributed by atoms with E-state index in [2.05, 4.69) is 74.2 Å². The zero-order valence-corrected chi connectivity index (χ0v) is 14.6. The van der Waals surface area contributed by atoms with Crippen molar-refractivity contribution in [1.29, 1.82) is 0 Å². The Bertz CT molecular complexity index is 1240. The summed E-state index contributed by atoms with van der Waals surface area (Å²) < 4.78 is 2.11. The lowest BCUT2D eigenvalue weighted by molar-refractivity contribution is 0.935. The summed E-state index contributed by atoms with van der Waals surface area (Å²) in [6.45, 7) is 0. The van der Waals surface area contributed by atoms with Crippen molar-refractivity contribution >= 4 is 28.6 Å². The standard InChI is InChI=1S/C21H14N4S/c1-3-9-15-13(7-1)14-8-2-4-10-16(14)19(15)26-21-24-23-20-22-17-11-5-6-12-18(17)25(20)21/h1-12,19H,(H,22,23). The van der Waals surface area contributed by atoms with Gasteiger partial charge in [0.25, 0.3) is 0 Å². The lowest BCUT2D eigenvalue weighted by atomic mass is 10.1. The number of fused-ring (bicyclic) bond motifs is 6. The molecule has 0 aliphatic heterocycles. The van der Waals surface area contributed by atoms with E-state index in [9.17, 15) is 0 Å². The molecule has 3 aromatic carbocycles. The van der Waals surface area contributed by atoms with Crippen LogP contribution in [0.25, 0.3) is 27.9 Å². The Balaban J connectivity index is 1.54. The van der Waals surface area contributed by atoms with Gasteiger partial charge in [0.15, 0.2) is 5.16 Å². The maximum atomic E-state index is 4.63. The minimum absolute atomic E-state index is 0.232. The van der Waals surface area contributed by atoms with Crippen LogP contribution in [0.2, 0.25) is 0 Å². The van der Waals surface area contributed by atoms with E-state index in [4.69, 9.17) is 0 Å². The predicted octanol–water partition coefficient (Wildman–Crippen LogP) is 5.07. The highest BCUT2D eigenvalue weighted by atomic mass is 32.2. The Hall–Kier alpha value is -3.05. The van der Waals surface area contributed by atoms with E-state index < -0.39 is 0 Å². The molecule has 0 unspecified atom stereocenters. The minimum Gasteiger partial charge on any atom is -0.254 e.